The topological polar surface area (TPSA) is 72.4 Å². The van der Waals surface area contributed by atoms with Crippen LogP contribution in [-0.4, -0.2) is 33.5 Å². The molecular weight excluding hydrogens is 349 g/mol. The van der Waals surface area contributed by atoms with Crippen LogP contribution in [0.5, 0.6) is 0 Å². The maximum Gasteiger partial charge on any atom is 0.238 e. The Morgan fingerprint density at radius 2 is 2.11 bits per heavy atom. The zero-order valence-corrected chi connectivity index (χ0v) is 14.8. The van der Waals surface area contributed by atoms with Crippen molar-refractivity contribution in [1.29, 1.82) is 0 Å². The minimum Gasteiger partial charge on any atom is -0.461 e. The number of benzene rings is 1. The second-order valence-corrected chi connectivity index (χ2v) is 6.70. The number of amides is 1. The lowest BCUT2D eigenvalue weighted by Crippen LogP contribution is -2.36. The summed E-state index contributed by atoms with van der Waals surface area (Å²) in [5.74, 6) is 1.18. The van der Waals surface area contributed by atoms with Crippen LogP contribution in [0.25, 0.3) is 11.6 Å². The number of carbonyl (C=O) groups is 1. The van der Waals surface area contributed by atoms with Crippen molar-refractivity contribution in [1.82, 2.24) is 15.0 Å². The molecule has 0 saturated carbocycles. The average Bonchev–Trinajstić information content (AvgIpc) is 3.43. The second kappa shape index (κ2) is 7.73. The highest BCUT2D eigenvalue weighted by Crippen LogP contribution is 2.23. The third kappa shape index (κ3) is 4.07. The van der Waals surface area contributed by atoms with E-state index in [0.29, 0.717) is 30.3 Å². The number of aromatic nitrogens is 2. The summed E-state index contributed by atoms with van der Waals surface area (Å²) >= 11 is 0. The fraction of sp³-hybridized carbons (Fsp3) is 0.350. The molecule has 0 aliphatic carbocycles. The molecule has 4 rings (SSSR count). The molecule has 6 nitrogen and oxygen atoms in total. The van der Waals surface area contributed by atoms with Gasteiger partial charge in [0.05, 0.1) is 6.26 Å². The van der Waals surface area contributed by atoms with E-state index in [1.807, 2.05) is 4.90 Å². The Hall–Kier alpha value is -2.96. The summed E-state index contributed by atoms with van der Waals surface area (Å²) < 4.78 is 23.5. The van der Waals surface area contributed by atoms with Gasteiger partial charge in [-0.25, -0.2) is 4.39 Å². The molecule has 1 unspecified atom stereocenters. The Balaban J connectivity index is 1.34. The molecule has 140 valence electrons. The van der Waals surface area contributed by atoms with Gasteiger partial charge in [0, 0.05) is 25.4 Å². The lowest BCUT2D eigenvalue weighted by molar-refractivity contribution is -0.132. The average molecular weight is 369 g/mol. The third-order valence-electron chi connectivity index (χ3n) is 4.84. The molecule has 2 aromatic heterocycles. The van der Waals surface area contributed by atoms with E-state index in [1.165, 1.54) is 12.1 Å². The first-order chi connectivity index (χ1) is 13.2. The molecule has 1 amide bonds. The lowest BCUT2D eigenvalue weighted by atomic mass is 10.0. The molecule has 0 bridgehead atoms. The monoisotopic (exact) mass is 369 g/mol. The van der Waals surface area contributed by atoms with Crippen molar-refractivity contribution >= 4 is 5.91 Å². The van der Waals surface area contributed by atoms with Crippen molar-refractivity contribution in [3.63, 3.8) is 0 Å². The number of nitrogens with zero attached hydrogens (tertiary/aromatic N) is 3. The van der Waals surface area contributed by atoms with E-state index < -0.39 is 0 Å². The van der Waals surface area contributed by atoms with Crippen molar-refractivity contribution in [2.45, 2.75) is 38.1 Å². The molecule has 0 spiro atoms. The maximum atomic E-state index is 13.1. The van der Waals surface area contributed by atoms with Crippen LogP contribution < -0.4 is 0 Å². The van der Waals surface area contributed by atoms with Gasteiger partial charge >= 0.3 is 0 Å². The van der Waals surface area contributed by atoms with Gasteiger partial charge in [0.25, 0.3) is 0 Å². The molecule has 1 aliphatic rings. The SMILES string of the molecule is O=C(CCc1nc(-c2ccco2)no1)N1CCCC1Cc1ccc(F)cc1. The normalized spacial score (nSPS) is 16.8. The quantitative estimate of drug-likeness (QED) is 0.663. The van der Waals surface area contributed by atoms with Crippen molar-refractivity contribution in [2.24, 2.45) is 0 Å². The highest BCUT2D eigenvalue weighted by atomic mass is 19.1. The van der Waals surface area contributed by atoms with Crippen molar-refractivity contribution in [3.05, 3.63) is 59.9 Å². The third-order valence-corrected chi connectivity index (χ3v) is 4.84. The Morgan fingerprint density at radius 1 is 1.26 bits per heavy atom. The second-order valence-electron chi connectivity index (χ2n) is 6.70. The number of halogens is 1. The molecule has 3 heterocycles. The van der Waals surface area contributed by atoms with Gasteiger partial charge in [-0.15, -0.1) is 0 Å². The minimum absolute atomic E-state index is 0.0809. The van der Waals surface area contributed by atoms with E-state index in [-0.39, 0.29) is 17.8 Å². The smallest absolute Gasteiger partial charge is 0.238 e. The van der Waals surface area contributed by atoms with Gasteiger partial charge in [-0.1, -0.05) is 17.3 Å². The van der Waals surface area contributed by atoms with Crippen molar-refractivity contribution in [2.75, 3.05) is 6.54 Å². The molecule has 1 atom stereocenters. The van der Waals surface area contributed by atoms with Crippen LogP contribution in [0.1, 0.15) is 30.7 Å². The number of carbonyl (C=O) groups excluding carboxylic acids is 1. The van der Waals surface area contributed by atoms with Gasteiger partial charge in [-0.05, 0) is 49.1 Å². The van der Waals surface area contributed by atoms with E-state index in [9.17, 15) is 9.18 Å². The Morgan fingerprint density at radius 3 is 2.89 bits per heavy atom. The van der Waals surface area contributed by atoms with Crippen LogP contribution in [0.2, 0.25) is 0 Å². The number of hydrogen-bond donors (Lipinski definition) is 0. The first-order valence-corrected chi connectivity index (χ1v) is 9.09. The van der Waals surface area contributed by atoms with Crippen LogP contribution in [0.3, 0.4) is 0 Å². The van der Waals surface area contributed by atoms with Gasteiger partial charge < -0.3 is 13.8 Å². The highest BCUT2D eigenvalue weighted by molar-refractivity contribution is 5.77. The summed E-state index contributed by atoms with van der Waals surface area (Å²) in [6.45, 7) is 0.756. The zero-order valence-electron chi connectivity index (χ0n) is 14.8. The summed E-state index contributed by atoms with van der Waals surface area (Å²) in [5, 5.41) is 3.88. The molecule has 1 fully saturated rings. The van der Waals surface area contributed by atoms with Gasteiger partial charge in [-0.2, -0.15) is 4.98 Å². The highest BCUT2D eigenvalue weighted by Gasteiger charge is 2.28. The molecule has 7 heteroatoms. The summed E-state index contributed by atoms with van der Waals surface area (Å²) in [4.78, 5) is 18.9. The van der Waals surface area contributed by atoms with E-state index >= 15 is 0 Å². The predicted octanol–water partition coefficient (Wildman–Crippen LogP) is 3.64. The van der Waals surface area contributed by atoms with Crippen LogP contribution in [0.15, 0.2) is 51.6 Å². The number of likely N-dealkylation sites (tertiary alicyclic amines) is 1. The summed E-state index contributed by atoms with van der Waals surface area (Å²) in [7, 11) is 0. The van der Waals surface area contributed by atoms with Crippen LogP contribution in [0, 0.1) is 5.82 Å². The maximum absolute atomic E-state index is 13.1. The fourth-order valence-corrected chi connectivity index (χ4v) is 3.49. The van der Waals surface area contributed by atoms with Gasteiger partial charge in [0.1, 0.15) is 5.82 Å². The molecule has 1 saturated heterocycles. The number of furan rings is 1. The minimum atomic E-state index is -0.244. The molecule has 0 N–H and O–H groups in total. The first kappa shape index (κ1) is 17.5. The molecule has 3 aromatic rings. The first-order valence-electron chi connectivity index (χ1n) is 9.09. The summed E-state index contributed by atoms with van der Waals surface area (Å²) in [6, 6.07) is 10.2. The Kier molecular flexibility index (Phi) is 5.00. The lowest BCUT2D eigenvalue weighted by Gasteiger charge is -2.24. The zero-order chi connectivity index (χ0) is 18.6. The number of aryl methyl sites for hydroxylation is 1. The Labute approximate surface area is 156 Å². The van der Waals surface area contributed by atoms with E-state index in [4.69, 9.17) is 8.94 Å². The molecular formula is C20H20FN3O3. The summed E-state index contributed by atoms with van der Waals surface area (Å²) in [6.07, 6.45) is 4.96. The predicted molar refractivity (Wildman–Crippen MR) is 95.2 cm³/mol. The fourth-order valence-electron chi connectivity index (χ4n) is 3.49. The number of rotatable bonds is 6. The largest absolute Gasteiger partial charge is 0.461 e. The van der Waals surface area contributed by atoms with Crippen LogP contribution >= 0.6 is 0 Å². The van der Waals surface area contributed by atoms with Gasteiger partial charge in [0.2, 0.25) is 17.6 Å². The standard InChI is InChI=1S/C20H20FN3O3/c21-15-7-5-14(6-8-15)13-16-3-1-11-24(16)19(25)10-9-18-22-20(23-27-18)17-4-2-12-26-17/h2,4-8,12,16H,1,3,9-11,13H2. The van der Waals surface area contributed by atoms with Crippen LogP contribution in [-0.2, 0) is 17.6 Å². The van der Waals surface area contributed by atoms with Crippen molar-refractivity contribution < 1.29 is 18.1 Å². The van der Waals surface area contributed by atoms with Gasteiger partial charge in [0.15, 0.2) is 5.76 Å². The Bertz CT molecular complexity index is 890. The number of hydrogen-bond acceptors (Lipinski definition) is 5. The summed E-state index contributed by atoms with van der Waals surface area (Å²) in [5.41, 5.74) is 1.04. The molecule has 27 heavy (non-hydrogen) atoms. The van der Waals surface area contributed by atoms with E-state index in [1.54, 1.807) is 30.5 Å². The van der Waals surface area contributed by atoms with Gasteiger partial charge in [-0.3, -0.25) is 4.79 Å². The van der Waals surface area contributed by atoms with Crippen LogP contribution in [0.4, 0.5) is 4.39 Å². The molecule has 1 aliphatic heterocycles. The van der Waals surface area contributed by atoms with Crippen molar-refractivity contribution in [3.8, 4) is 11.6 Å². The van der Waals surface area contributed by atoms with E-state index in [2.05, 4.69) is 10.1 Å². The molecule has 1 aromatic carbocycles. The van der Waals surface area contributed by atoms with E-state index in [0.717, 1.165) is 31.4 Å². The molecule has 0 radical (unpaired) electrons.